The van der Waals surface area contributed by atoms with Gasteiger partial charge in [-0.05, 0) is 30.3 Å². The van der Waals surface area contributed by atoms with Crippen molar-refractivity contribution in [1.29, 1.82) is 0 Å². The molecule has 0 heterocycles. The Bertz CT molecular complexity index is 943. The van der Waals surface area contributed by atoms with Crippen LogP contribution in [-0.2, 0) is 25.6 Å². The minimum Gasteiger partial charge on any atom is -0.466 e. The number of benzene rings is 2. The number of hydrogen-bond donors (Lipinski definition) is 1. The highest BCUT2D eigenvalue weighted by atomic mass is 32.1. The van der Waals surface area contributed by atoms with Crippen LogP contribution >= 0.6 is 12.2 Å². The summed E-state index contributed by atoms with van der Waals surface area (Å²) in [5.41, 5.74) is 2.22. The Hall–Kier alpha value is -3.52. The summed E-state index contributed by atoms with van der Waals surface area (Å²) in [5.74, 6) is -1.52. The van der Waals surface area contributed by atoms with Crippen molar-refractivity contribution in [3.8, 4) is 0 Å². The number of nitrogens with zero attached hydrogens (tertiary/aromatic N) is 2. The van der Waals surface area contributed by atoms with E-state index in [-0.39, 0.29) is 10.8 Å². The fourth-order valence-corrected chi connectivity index (χ4v) is 2.64. The van der Waals surface area contributed by atoms with Gasteiger partial charge in [0.05, 0.1) is 26.0 Å². The number of esters is 2. The van der Waals surface area contributed by atoms with Crippen LogP contribution in [0.4, 0.5) is 0 Å². The smallest absolute Gasteiger partial charge is 0.357 e. The van der Waals surface area contributed by atoms with Crippen molar-refractivity contribution in [1.82, 2.24) is 10.3 Å². The third-order valence-corrected chi connectivity index (χ3v) is 4.32. The zero-order valence-electron chi connectivity index (χ0n) is 17.0. The first-order valence-corrected chi connectivity index (χ1v) is 9.47. The molecule has 0 atom stereocenters. The first-order valence-electron chi connectivity index (χ1n) is 9.06. The minimum absolute atomic E-state index is 0.120. The second-order valence-corrected chi connectivity index (χ2v) is 6.44. The lowest BCUT2D eigenvalue weighted by Gasteiger charge is -2.23. The van der Waals surface area contributed by atoms with Crippen molar-refractivity contribution in [3.63, 3.8) is 0 Å². The lowest BCUT2D eigenvalue weighted by Crippen LogP contribution is -2.39. The molecule has 156 valence electrons. The number of carbonyl (C=O) groups excluding carboxylic acids is 2. The number of nitrogens with one attached hydrogen (secondary N) is 1. The Morgan fingerprint density at radius 2 is 1.63 bits per heavy atom. The lowest BCUT2D eigenvalue weighted by molar-refractivity contribution is -0.139. The summed E-state index contributed by atoms with van der Waals surface area (Å²) in [4.78, 5) is 24.3. The molecule has 0 aliphatic carbocycles. The maximum Gasteiger partial charge on any atom is 0.357 e. The Morgan fingerprint density at radius 1 is 1.03 bits per heavy atom. The summed E-state index contributed by atoms with van der Waals surface area (Å²) >= 11 is 5.48. The third-order valence-electron chi connectivity index (χ3n) is 4.00. The largest absolute Gasteiger partial charge is 0.466 e. The number of ether oxygens (including phenoxy) is 2. The number of carbonyl (C=O) groups is 2. The normalized spacial score (nSPS) is 11.4. The van der Waals surface area contributed by atoms with Crippen molar-refractivity contribution in [2.75, 3.05) is 14.2 Å². The number of rotatable bonds is 7. The Morgan fingerprint density at radius 3 is 2.20 bits per heavy atom. The second kappa shape index (κ2) is 11.5. The van der Waals surface area contributed by atoms with Crippen LogP contribution in [0.1, 0.15) is 18.1 Å². The van der Waals surface area contributed by atoms with E-state index < -0.39 is 11.9 Å². The van der Waals surface area contributed by atoms with Gasteiger partial charge in [0.15, 0.2) is 10.8 Å². The van der Waals surface area contributed by atoms with E-state index in [2.05, 4.69) is 15.2 Å². The average Bonchev–Trinajstić information content (AvgIpc) is 2.80. The topological polar surface area (TPSA) is 80.2 Å². The summed E-state index contributed by atoms with van der Waals surface area (Å²) < 4.78 is 9.49. The van der Waals surface area contributed by atoms with Crippen LogP contribution in [0.2, 0.25) is 0 Å². The molecule has 2 rings (SSSR count). The average molecular weight is 426 g/mol. The van der Waals surface area contributed by atoms with Crippen molar-refractivity contribution < 1.29 is 19.1 Å². The van der Waals surface area contributed by atoms with Crippen LogP contribution in [0.15, 0.2) is 77.5 Å². The van der Waals surface area contributed by atoms with Crippen LogP contribution in [0.3, 0.4) is 0 Å². The SMILES string of the molecule is COC(=O)/C=C(/C(=O)OC)N(/N=C(\C)c1ccccc1)C(=S)NCc1ccccc1. The monoisotopic (exact) mass is 425 g/mol. The zero-order chi connectivity index (χ0) is 21.9. The first-order chi connectivity index (χ1) is 14.5. The second-order valence-electron chi connectivity index (χ2n) is 6.05. The zero-order valence-corrected chi connectivity index (χ0v) is 17.8. The molecule has 2 aromatic carbocycles. The van der Waals surface area contributed by atoms with Crippen molar-refractivity contribution in [2.24, 2.45) is 5.10 Å². The molecule has 0 bridgehead atoms. The molecule has 2 aromatic rings. The lowest BCUT2D eigenvalue weighted by atomic mass is 10.1. The fraction of sp³-hybridized carbons (Fsp3) is 0.182. The molecule has 0 aromatic heterocycles. The van der Waals surface area contributed by atoms with E-state index in [0.717, 1.165) is 17.2 Å². The first kappa shape index (κ1) is 22.8. The number of hydrazone groups is 1. The molecule has 0 saturated heterocycles. The highest BCUT2D eigenvalue weighted by Crippen LogP contribution is 2.13. The molecule has 0 aliphatic rings. The van der Waals surface area contributed by atoms with Crippen molar-refractivity contribution in [2.45, 2.75) is 13.5 Å². The molecule has 0 aliphatic heterocycles. The van der Waals surface area contributed by atoms with E-state index >= 15 is 0 Å². The Kier molecular flexibility index (Phi) is 8.71. The summed E-state index contributed by atoms with van der Waals surface area (Å²) in [6, 6.07) is 19.0. The summed E-state index contributed by atoms with van der Waals surface area (Å²) in [5, 5.41) is 8.83. The molecule has 0 unspecified atom stereocenters. The van der Waals surface area contributed by atoms with E-state index in [9.17, 15) is 9.59 Å². The van der Waals surface area contributed by atoms with Gasteiger partial charge in [-0.2, -0.15) is 10.1 Å². The Labute approximate surface area is 181 Å². The van der Waals surface area contributed by atoms with Crippen molar-refractivity contribution in [3.05, 3.63) is 83.6 Å². The molecular weight excluding hydrogens is 402 g/mol. The molecule has 30 heavy (non-hydrogen) atoms. The van der Waals surface area contributed by atoms with Crippen LogP contribution in [0.5, 0.6) is 0 Å². The fourth-order valence-electron chi connectivity index (χ4n) is 2.43. The van der Waals surface area contributed by atoms with Crippen LogP contribution in [0, 0.1) is 0 Å². The maximum absolute atomic E-state index is 12.4. The number of methoxy groups -OCH3 is 2. The molecule has 0 fully saturated rings. The van der Waals surface area contributed by atoms with E-state index in [4.69, 9.17) is 17.0 Å². The quantitative estimate of drug-likeness (QED) is 0.240. The van der Waals surface area contributed by atoms with Gasteiger partial charge < -0.3 is 14.8 Å². The van der Waals surface area contributed by atoms with Gasteiger partial charge in [-0.3, -0.25) is 0 Å². The van der Waals surface area contributed by atoms with E-state index in [0.29, 0.717) is 12.3 Å². The van der Waals surface area contributed by atoms with Crippen LogP contribution in [0.25, 0.3) is 0 Å². The standard InChI is InChI=1S/C22H23N3O4S/c1-16(18-12-8-5-9-13-18)24-25(19(21(27)29-3)14-20(26)28-2)22(30)23-15-17-10-6-4-7-11-17/h4-14H,15H2,1-3H3,(H,23,30)/b19-14-,24-16+. The van der Waals surface area contributed by atoms with Gasteiger partial charge in [-0.1, -0.05) is 60.7 Å². The van der Waals surface area contributed by atoms with Gasteiger partial charge >= 0.3 is 11.9 Å². The summed E-state index contributed by atoms with van der Waals surface area (Å²) in [6.45, 7) is 2.18. The Balaban J connectivity index is 2.41. The molecule has 0 radical (unpaired) electrons. The van der Waals surface area contributed by atoms with E-state index in [1.165, 1.54) is 19.2 Å². The van der Waals surface area contributed by atoms with Crippen LogP contribution in [-0.4, -0.2) is 42.0 Å². The minimum atomic E-state index is -0.783. The summed E-state index contributed by atoms with van der Waals surface area (Å²) in [6.07, 6.45) is 0.990. The molecular formula is C22H23N3O4S. The molecule has 7 nitrogen and oxygen atoms in total. The van der Waals surface area contributed by atoms with E-state index in [1.54, 1.807) is 6.92 Å². The van der Waals surface area contributed by atoms with Gasteiger partial charge in [0.2, 0.25) is 0 Å². The predicted molar refractivity (Wildman–Crippen MR) is 118 cm³/mol. The summed E-state index contributed by atoms with van der Waals surface area (Å²) in [7, 11) is 2.42. The molecule has 8 heteroatoms. The molecule has 0 amide bonds. The third kappa shape index (κ3) is 6.52. The maximum atomic E-state index is 12.4. The molecule has 0 spiro atoms. The molecule has 0 saturated carbocycles. The van der Waals surface area contributed by atoms with Gasteiger partial charge in [0.25, 0.3) is 0 Å². The highest BCUT2D eigenvalue weighted by Gasteiger charge is 2.24. The van der Waals surface area contributed by atoms with Gasteiger partial charge in [0.1, 0.15) is 0 Å². The predicted octanol–water partition coefficient (Wildman–Crippen LogP) is 3.02. The van der Waals surface area contributed by atoms with Crippen LogP contribution < -0.4 is 5.32 Å². The van der Waals surface area contributed by atoms with Crippen molar-refractivity contribution >= 4 is 35.0 Å². The number of hydrogen-bond acceptors (Lipinski definition) is 6. The highest BCUT2D eigenvalue weighted by molar-refractivity contribution is 7.80. The van der Waals surface area contributed by atoms with Gasteiger partial charge in [0, 0.05) is 6.54 Å². The number of thiocarbonyl (C=S) groups is 1. The van der Waals surface area contributed by atoms with E-state index in [1.807, 2.05) is 60.7 Å². The van der Waals surface area contributed by atoms with Gasteiger partial charge in [-0.25, -0.2) is 9.59 Å². The van der Waals surface area contributed by atoms with Gasteiger partial charge in [-0.15, -0.1) is 0 Å². The molecule has 1 N–H and O–H groups in total.